The molecule has 1 aromatic heterocycles. The van der Waals surface area contributed by atoms with Crippen LogP contribution in [0.15, 0.2) is 21.9 Å². The van der Waals surface area contributed by atoms with Crippen molar-refractivity contribution in [3.05, 3.63) is 33.1 Å². The highest BCUT2D eigenvalue weighted by Crippen LogP contribution is 2.39. The Morgan fingerprint density at radius 1 is 1.45 bits per heavy atom. The van der Waals surface area contributed by atoms with Gasteiger partial charge in [0.05, 0.1) is 6.61 Å². The number of hydrogen-bond acceptors (Lipinski definition) is 7. The van der Waals surface area contributed by atoms with E-state index >= 15 is 0 Å². The Balaban J connectivity index is 2.30. The van der Waals surface area contributed by atoms with Gasteiger partial charge in [0, 0.05) is 12.3 Å². The van der Waals surface area contributed by atoms with Crippen LogP contribution in [0.5, 0.6) is 0 Å². The molecule has 0 saturated carbocycles. The predicted octanol–water partition coefficient (Wildman–Crippen LogP) is -2.56. The second-order valence-electron chi connectivity index (χ2n) is 4.91. The standard InChI is InChI=1S/C10H15N2O9P/c1-10(12-3-2-6(13)11-9(12)16)8(15)7(14)5(21-10)4-20-22(17,18)19/h2-3,5,7-8,14-15H,4H2,1H3,(H,11,13,16)(H2,17,18,19)/t5-,7-,8-,10-/m1/s1. The summed E-state index contributed by atoms with van der Waals surface area (Å²) in [5.74, 6) is 0. The molecule has 0 unspecified atom stereocenters. The first-order valence-electron chi connectivity index (χ1n) is 6.11. The van der Waals surface area contributed by atoms with Crippen molar-refractivity contribution < 1.29 is 33.8 Å². The molecule has 4 atom stereocenters. The zero-order valence-corrected chi connectivity index (χ0v) is 12.2. The van der Waals surface area contributed by atoms with Crippen LogP contribution in [0.4, 0.5) is 0 Å². The van der Waals surface area contributed by atoms with Crippen LogP contribution in [0.1, 0.15) is 6.92 Å². The molecule has 22 heavy (non-hydrogen) atoms. The molecule has 1 aliphatic rings. The molecular weight excluding hydrogens is 323 g/mol. The molecule has 1 aromatic rings. The van der Waals surface area contributed by atoms with Gasteiger partial charge in [-0.25, -0.2) is 9.36 Å². The van der Waals surface area contributed by atoms with E-state index in [1.165, 1.54) is 6.92 Å². The third-order valence-electron chi connectivity index (χ3n) is 3.35. The van der Waals surface area contributed by atoms with E-state index in [2.05, 4.69) is 4.52 Å². The monoisotopic (exact) mass is 338 g/mol. The van der Waals surface area contributed by atoms with E-state index in [-0.39, 0.29) is 0 Å². The fourth-order valence-electron chi connectivity index (χ4n) is 2.24. The fraction of sp³-hybridized carbons (Fsp3) is 0.600. The summed E-state index contributed by atoms with van der Waals surface area (Å²) in [6.45, 7) is 0.578. The molecule has 0 aliphatic carbocycles. The Labute approximate surface area is 123 Å². The SMILES string of the molecule is C[C@@]1(n2ccc(=O)[nH]c2=O)O[C@H](COP(=O)(O)O)[C@@H](O)[C@H]1O. The molecule has 0 aromatic carbocycles. The van der Waals surface area contributed by atoms with Gasteiger partial charge < -0.3 is 24.7 Å². The van der Waals surface area contributed by atoms with E-state index in [4.69, 9.17) is 14.5 Å². The number of rotatable bonds is 4. The fourth-order valence-corrected chi connectivity index (χ4v) is 2.58. The van der Waals surface area contributed by atoms with Crippen LogP contribution >= 0.6 is 7.82 Å². The Hall–Kier alpha value is -1.33. The number of nitrogens with zero attached hydrogens (tertiary/aromatic N) is 1. The zero-order chi connectivity index (χ0) is 16.7. The lowest BCUT2D eigenvalue weighted by atomic mass is 10.0. The van der Waals surface area contributed by atoms with Crippen molar-refractivity contribution in [2.24, 2.45) is 0 Å². The van der Waals surface area contributed by atoms with Gasteiger partial charge in [-0.2, -0.15) is 0 Å². The number of aromatic nitrogens is 2. The normalized spacial score (nSPS) is 32.3. The van der Waals surface area contributed by atoms with Crippen molar-refractivity contribution >= 4 is 7.82 Å². The second-order valence-corrected chi connectivity index (χ2v) is 6.15. The number of aromatic amines is 1. The Bertz CT molecular complexity index is 709. The molecule has 1 saturated heterocycles. The van der Waals surface area contributed by atoms with E-state index in [1.54, 1.807) is 0 Å². The van der Waals surface area contributed by atoms with Crippen molar-refractivity contribution in [2.75, 3.05) is 6.61 Å². The van der Waals surface area contributed by atoms with Gasteiger partial charge in [-0.3, -0.25) is 18.9 Å². The van der Waals surface area contributed by atoms with E-state index in [0.717, 1.165) is 16.8 Å². The Kier molecular flexibility index (Phi) is 4.42. The second kappa shape index (κ2) is 5.70. The summed E-state index contributed by atoms with van der Waals surface area (Å²) in [5.41, 5.74) is -3.28. The highest BCUT2D eigenvalue weighted by atomic mass is 31.2. The molecule has 0 spiro atoms. The summed E-state index contributed by atoms with van der Waals surface area (Å²) in [6.07, 6.45) is -3.37. The summed E-state index contributed by atoms with van der Waals surface area (Å²) in [6, 6.07) is 1.02. The zero-order valence-electron chi connectivity index (χ0n) is 11.3. The van der Waals surface area contributed by atoms with Crippen LogP contribution in [0.2, 0.25) is 0 Å². The van der Waals surface area contributed by atoms with Crippen LogP contribution in [-0.4, -0.2) is 54.5 Å². The van der Waals surface area contributed by atoms with Gasteiger partial charge in [0.2, 0.25) is 0 Å². The van der Waals surface area contributed by atoms with Crippen molar-refractivity contribution in [1.29, 1.82) is 0 Å². The maximum absolute atomic E-state index is 11.8. The third kappa shape index (κ3) is 3.20. The molecule has 1 aliphatic heterocycles. The Morgan fingerprint density at radius 2 is 2.09 bits per heavy atom. The van der Waals surface area contributed by atoms with Gasteiger partial charge in [0.1, 0.15) is 18.3 Å². The van der Waals surface area contributed by atoms with E-state index in [9.17, 15) is 24.4 Å². The number of phosphoric acid groups is 1. The summed E-state index contributed by atoms with van der Waals surface area (Å²) >= 11 is 0. The van der Waals surface area contributed by atoms with Crippen molar-refractivity contribution in [3.8, 4) is 0 Å². The minimum absolute atomic E-state index is 0.653. The van der Waals surface area contributed by atoms with Crippen molar-refractivity contribution in [1.82, 2.24) is 9.55 Å². The van der Waals surface area contributed by atoms with Gasteiger partial charge in [-0.05, 0) is 6.92 Å². The van der Waals surface area contributed by atoms with E-state index in [1.807, 2.05) is 4.98 Å². The highest BCUT2D eigenvalue weighted by molar-refractivity contribution is 7.46. The lowest BCUT2D eigenvalue weighted by Crippen LogP contribution is -2.49. The predicted molar refractivity (Wildman–Crippen MR) is 69.9 cm³/mol. The van der Waals surface area contributed by atoms with Crippen LogP contribution in [-0.2, 0) is 19.6 Å². The molecule has 0 amide bonds. The van der Waals surface area contributed by atoms with Gasteiger partial charge in [0.25, 0.3) is 5.56 Å². The minimum Gasteiger partial charge on any atom is -0.387 e. The lowest BCUT2D eigenvalue weighted by molar-refractivity contribution is -0.136. The number of aliphatic hydroxyl groups is 2. The average Bonchev–Trinajstić information content (AvgIpc) is 2.61. The average molecular weight is 338 g/mol. The van der Waals surface area contributed by atoms with Gasteiger partial charge in [0.15, 0.2) is 5.72 Å². The first-order valence-corrected chi connectivity index (χ1v) is 7.64. The molecule has 12 heteroatoms. The first kappa shape index (κ1) is 17.0. The smallest absolute Gasteiger partial charge is 0.387 e. The van der Waals surface area contributed by atoms with E-state index < -0.39 is 49.7 Å². The quantitative estimate of drug-likeness (QED) is 0.370. The molecule has 124 valence electrons. The van der Waals surface area contributed by atoms with Crippen molar-refractivity contribution in [3.63, 3.8) is 0 Å². The molecule has 1 fully saturated rings. The Morgan fingerprint density at radius 3 is 2.64 bits per heavy atom. The molecular formula is C10H15N2O9P. The number of H-pyrrole nitrogens is 1. The molecule has 5 N–H and O–H groups in total. The largest absolute Gasteiger partial charge is 0.469 e. The maximum atomic E-state index is 11.8. The molecule has 0 bridgehead atoms. The van der Waals surface area contributed by atoms with Crippen LogP contribution < -0.4 is 11.2 Å². The summed E-state index contributed by atoms with van der Waals surface area (Å²) in [5, 5.41) is 20.0. The van der Waals surface area contributed by atoms with Gasteiger partial charge in [-0.15, -0.1) is 0 Å². The molecule has 2 rings (SSSR count). The molecule has 2 heterocycles. The number of aliphatic hydroxyl groups excluding tert-OH is 2. The lowest BCUT2D eigenvalue weighted by Gasteiger charge is -2.29. The van der Waals surface area contributed by atoms with E-state index in [0.29, 0.717) is 0 Å². The van der Waals surface area contributed by atoms with Gasteiger partial charge >= 0.3 is 13.5 Å². The highest BCUT2D eigenvalue weighted by Gasteiger charge is 2.53. The summed E-state index contributed by atoms with van der Waals surface area (Å²) < 4.78 is 21.1. The summed E-state index contributed by atoms with van der Waals surface area (Å²) in [7, 11) is -4.78. The molecule has 11 nitrogen and oxygen atoms in total. The topological polar surface area (TPSA) is 171 Å². The minimum atomic E-state index is -4.78. The van der Waals surface area contributed by atoms with Crippen LogP contribution in [0, 0.1) is 0 Å². The van der Waals surface area contributed by atoms with Crippen molar-refractivity contribution in [2.45, 2.75) is 31.0 Å². The number of nitrogens with one attached hydrogen (secondary N) is 1. The molecule has 0 radical (unpaired) electrons. The van der Waals surface area contributed by atoms with Crippen LogP contribution in [0.3, 0.4) is 0 Å². The number of phosphoric ester groups is 1. The number of hydrogen-bond donors (Lipinski definition) is 5. The summed E-state index contributed by atoms with van der Waals surface area (Å²) in [4.78, 5) is 42.1. The first-order chi connectivity index (χ1) is 10.0. The van der Waals surface area contributed by atoms with Crippen LogP contribution in [0.25, 0.3) is 0 Å². The third-order valence-corrected chi connectivity index (χ3v) is 3.84. The number of ether oxygens (including phenoxy) is 1. The van der Waals surface area contributed by atoms with Gasteiger partial charge in [-0.1, -0.05) is 0 Å². The maximum Gasteiger partial charge on any atom is 0.469 e.